The van der Waals surface area contributed by atoms with Crippen molar-refractivity contribution in [2.24, 2.45) is 5.92 Å². The minimum atomic E-state index is -0.316. The van der Waals surface area contributed by atoms with E-state index in [1.54, 1.807) is 0 Å². The van der Waals surface area contributed by atoms with Crippen LogP contribution in [-0.4, -0.2) is 12.6 Å². The van der Waals surface area contributed by atoms with Gasteiger partial charge in [0.1, 0.15) is 0 Å². The van der Waals surface area contributed by atoms with Gasteiger partial charge in [-0.15, -0.1) is 0 Å². The minimum absolute atomic E-state index is 0.316. The minimum Gasteiger partial charge on any atom is -0.463 e. The number of esters is 1. The molecule has 0 aromatic carbocycles. The molecule has 0 aliphatic carbocycles. The Bertz CT molecular complexity index is 152. The summed E-state index contributed by atoms with van der Waals surface area (Å²) in [6, 6.07) is 0. The van der Waals surface area contributed by atoms with E-state index in [-0.39, 0.29) is 5.97 Å². The third-order valence-electron chi connectivity index (χ3n) is 2.20. The highest BCUT2D eigenvalue weighted by Gasteiger charge is 1.99. The standard InChI is InChI=1S/C11H20O2/c1-4-10(3)8-6-7-9-13-11(12)5-2/h5,10H,2,4,6-9H2,1,3H3. The molecule has 0 aliphatic rings. The fourth-order valence-electron chi connectivity index (χ4n) is 1.03. The lowest BCUT2D eigenvalue weighted by Crippen LogP contribution is -2.02. The van der Waals surface area contributed by atoms with Crippen LogP contribution in [0.5, 0.6) is 0 Å². The van der Waals surface area contributed by atoms with Crippen molar-refractivity contribution in [3.05, 3.63) is 12.7 Å². The molecule has 0 radical (unpaired) electrons. The summed E-state index contributed by atoms with van der Waals surface area (Å²) in [5.74, 6) is 0.471. The molecule has 0 saturated carbocycles. The highest BCUT2D eigenvalue weighted by molar-refractivity contribution is 5.81. The van der Waals surface area contributed by atoms with Crippen LogP contribution in [0.3, 0.4) is 0 Å². The van der Waals surface area contributed by atoms with Crippen molar-refractivity contribution in [1.82, 2.24) is 0 Å². The topological polar surface area (TPSA) is 26.3 Å². The van der Waals surface area contributed by atoms with Gasteiger partial charge in [0, 0.05) is 6.08 Å². The maximum absolute atomic E-state index is 10.6. The smallest absolute Gasteiger partial charge is 0.330 e. The Balaban J connectivity index is 3.17. The average Bonchev–Trinajstić information content (AvgIpc) is 2.16. The first kappa shape index (κ1) is 12.2. The Hall–Kier alpha value is -0.790. The summed E-state index contributed by atoms with van der Waals surface area (Å²) in [7, 11) is 0. The van der Waals surface area contributed by atoms with Gasteiger partial charge < -0.3 is 4.74 Å². The zero-order valence-electron chi connectivity index (χ0n) is 8.71. The van der Waals surface area contributed by atoms with Crippen LogP contribution < -0.4 is 0 Å². The van der Waals surface area contributed by atoms with Crippen LogP contribution in [0.4, 0.5) is 0 Å². The molecule has 0 aromatic heterocycles. The van der Waals surface area contributed by atoms with Gasteiger partial charge in [0.15, 0.2) is 0 Å². The number of hydrogen-bond acceptors (Lipinski definition) is 2. The Morgan fingerprint density at radius 3 is 2.77 bits per heavy atom. The van der Waals surface area contributed by atoms with Crippen molar-refractivity contribution in [3.8, 4) is 0 Å². The molecule has 13 heavy (non-hydrogen) atoms. The lowest BCUT2D eigenvalue weighted by molar-refractivity contribution is -0.137. The molecule has 0 fully saturated rings. The summed E-state index contributed by atoms with van der Waals surface area (Å²) in [5, 5.41) is 0. The van der Waals surface area contributed by atoms with Gasteiger partial charge in [-0.05, 0) is 18.8 Å². The molecule has 0 spiro atoms. The summed E-state index contributed by atoms with van der Waals surface area (Å²) in [6.07, 6.45) is 5.76. The first-order chi connectivity index (χ1) is 6.20. The number of rotatable bonds is 7. The van der Waals surface area contributed by atoms with E-state index in [1.165, 1.54) is 18.9 Å². The fraction of sp³-hybridized carbons (Fsp3) is 0.727. The Labute approximate surface area is 81.0 Å². The Morgan fingerprint density at radius 1 is 1.54 bits per heavy atom. The van der Waals surface area contributed by atoms with Gasteiger partial charge >= 0.3 is 5.97 Å². The summed E-state index contributed by atoms with van der Waals surface area (Å²) in [6.45, 7) is 8.30. The molecule has 0 aromatic rings. The molecule has 1 atom stereocenters. The molecule has 0 N–H and O–H groups in total. The van der Waals surface area contributed by atoms with Crippen molar-refractivity contribution in [1.29, 1.82) is 0 Å². The lowest BCUT2D eigenvalue weighted by atomic mass is 10.0. The van der Waals surface area contributed by atoms with Crippen molar-refractivity contribution in [3.63, 3.8) is 0 Å². The van der Waals surface area contributed by atoms with Crippen LogP contribution >= 0.6 is 0 Å². The third kappa shape index (κ3) is 7.57. The van der Waals surface area contributed by atoms with E-state index in [1.807, 2.05) is 0 Å². The van der Waals surface area contributed by atoms with E-state index in [4.69, 9.17) is 4.74 Å². The molecular formula is C11H20O2. The number of unbranched alkanes of at least 4 members (excludes halogenated alkanes) is 1. The maximum Gasteiger partial charge on any atom is 0.330 e. The zero-order valence-corrected chi connectivity index (χ0v) is 8.71. The summed E-state index contributed by atoms with van der Waals surface area (Å²) >= 11 is 0. The largest absolute Gasteiger partial charge is 0.463 e. The fourth-order valence-corrected chi connectivity index (χ4v) is 1.03. The number of ether oxygens (including phenoxy) is 1. The quantitative estimate of drug-likeness (QED) is 0.345. The van der Waals surface area contributed by atoms with Crippen molar-refractivity contribution < 1.29 is 9.53 Å². The van der Waals surface area contributed by atoms with Crippen molar-refractivity contribution in [2.45, 2.75) is 39.5 Å². The second-order valence-corrected chi connectivity index (χ2v) is 3.38. The van der Waals surface area contributed by atoms with Crippen LogP contribution in [0.1, 0.15) is 39.5 Å². The molecule has 0 amide bonds. The number of carbonyl (C=O) groups excluding carboxylic acids is 1. The SMILES string of the molecule is C=CC(=O)OCCCCC(C)CC. The van der Waals surface area contributed by atoms with Gasteiger partial charge in [-0.25, -0.2) is 4.79 Å². The van der Waals surface area contributed by atoms with Crippen molar-refractivity contribution in [2.75, 3.05) is 6.61 Å². The molecule has 0 rings (SSSR count). The van der Waals surface area contributed by atoms with Gasteiger partial charge in [0.2, 0.25) is 0 Å². The molecule has 0 saturated heterocycles. The highest BCUT2D eigenvalue weighted by Crippen LogP contribution is 2.10. The highest BCUT2D eigenvalue weighted by atomic mass is 16.5. The van der Waals surface area contributed by atoms with Gasteiger partial charge in [0.05, 0.1) is 6.61 Å². The van der Waals surface area contributed by atoms with Crippen LogP contribution in [0.25, 0.3) is 0 Å². The average molecular weight is 184 g/mol. The van der Waals surface area contributed by atoms with Gasteiger partial charge in [-0.1, -0.05) is 33.3 Å². The molecule has 2 nitrogen and oxygen atoms in total. The maximum atomic E-state index is 10.6. The normalized spacial score (nSPS) is 12.2. The summed E-state index contributed by atoms with van der Waals surface area (Å²) < 4.78 is 4.85. The monoisotopic (exact) mass is 184 g/mol. The molecule has 2 heteroatoms. The van der Waals surface area contributed by atoms with Gasteiger partial charge in [-0.2, -0.15) is 0 Å². The molecule has 0 heterocycles. The van der Waals surface area contributed by atoms with E-state index in [9.17, 15) is 4.79 Å². The number of hydrogen-bond donors (Lipinski definition) is 0. The third-order valence-corrected chi connectivity index (χ3v) is 2.20. The first-order valence-electron chi connectivity index (χ1n) is 4.99. The summed E-state index contributed by atoms with van der Waals surface area (Å²) in [5.41, 5.74) is 0. The van der Waals surface area contributed by atoms with E-state index in [0.29, 0.717) is 6.61 Å². The Kier molecular flexibility index (Phi) is 7.36. The second kappa shape index (κ2) is 7.84. The lowest BCUT2D eigenvalue weighted by Gasteiger charge is -2.07. The van der Waals surface area contributed by atoms with Gasteiger partial charge in [0.25, 0.3) is 0 Å². The van der Waals surface area contributed by atoms with Crippen LogP contribution in [0.2, 0.25) is 0 Å². The predicted octanol–water partition coefficient (Wildman–Crippen LogP) is 2.93. The first-order valence-corrected chi connectivity index (χ1v) is 4.99. The van der Waals surface area contributed by atoms with Gasteiger partial charge in [-0.3, -0.25) is 0 Å². The van der Waals surface area contributed by atoms with Crippen LogP contribution in [0, 0.1) is 5.92 Å². The molecule has 0 aliphatic heterocycles. The zero-order chi connectivity index (χ0) is 10.1. The molecular weight excluding hydrogens is 164 g/mol. The predicted molar refractivity (Wildman–Crippen MR) is 54.5 cm³/mol. The van der Waals surface area contributed by atoms with E-state index >= 15 is 0 Å². The van der Waals surface area contributed by atoms with Crippen LogP contribution in [0.15, 0.2) is 12.7 Å². The summed E-state index contributed by atoms with van der Waals surface area (Å²) in [4.78, 5) is 10.6. The number of carbonyl (C=O) groups is 1. The van der Waals surface area contributed by atoms with E-state index < -0.39 is 0 Å². The second-order valence-electron chi connectivity index (χ2n) is 3.38. The van der Waals surface area contributed by atoms with E-state index in [0.717, 1.165) is 18.8 Å². The van der Waals surface area contributed by atoms with E-state index in [2.05, 4.69) is 20.4 Å². The van der Waals surface area contributed by atoms with Crippen LogP contribution in [-0.2, 0) is 9.53 Å². The van der Waals surface area contributed by atoms with Crippen molar-refractivity contribution >= 4 is 5.97 Å². The molecule has 0 bridgehead atoms. The Morgan fingerprint density at radius 2 is 2.23 bits per heavy atom. The molecule has 1 unspecified atom stereocenters. The molecule has 76 valence electrons.